The molecule has 1 aromatic heterocycles. The normalized spacial score (nSPS) is 21.1. The van der Waals surface area contributed by atoms with Crippen molar-refractivity contribution in [1.29, 1.82) is 0 Å². The average molecular weight is 293 g/mol. The molecule has 0 aromatic carbocycles. The first-order chi connectivity index (χ1) is 6.75. The number of anilines is 1. The smallest absolute Gasteiger partial charge is 0.239 e. The zero-order valence-electron chi connectivity index (χ0n) is 7.33. The lowest BCUT2D eigenvalue weighted by atomic mass is 10.2. The number of halogens is 1. The van der Waals surface area contributed by atoms with Gasteiger partial charge in [0.05, 0.1) is 15.2 Å². The summed E-state index contributed by atoms with van der Waals surface area (Å²) in [7, 11) is 0. The summed E-state index contributed by atoms with van der Waals surface area (Å²) >= 11 is 6.47. The van der Waals surface area contributed by atoms with Gasteiger partial charge in [-0.05, 0) is 34.5 Å². The average Bonchev–Trinajstić information content (AvgIpc) is 2.75. The number of hydrogen-bond donors (Lipinski definition) is 1. The molecule has 1 aromatic rings. The Hall–Kier alpha value is -0.0700. The molecule has 1 aliphatic heterocycles. The Morgan fingerprint density at radius 3 is 3.14 bits per heavy atom. The molecule has 0 saturated carbocycles. The summed E-state index contributed by atoms with van der Waals surface area (Å²) in [6, 6.07) is 0. The minimum Gasteiger partial charge on any atom is -0.301 e. The molecule has 1 fully saturated rings. The highest BCUT2D eigenvalue weighted by molar-refractivity contribution is 9.11. The molecule has 14 heavy (non-hydrogen) atoms. The largest absolute Gasteiger partial charge is 0.301 e. The third kappa shape index (κ3) is 2.49. The van der Waals surface area contributed by atoms with Gasteiger partial charge < -0.3 is 5.32 Å². The summed E-state index contributed by atoms with van der Waals surface area (Å²) in [5, 5.41) is 3.62. The van der Waals surface area contributed by atoms with Crippen LogP contribution in [-0.4, -0.2) is 21.9 Å². The van der Waals surface area contributed by atoms with E-state index in [0.29, 0.717) is 5.13 Å². The molecule has 76 valence electrons. The molecule has 3 nitrogen and oxygen atoms in total. The van der Waals surface area contributed by atoms with Gasteiger partial charge in [-0.2, -0.15) is 0 Å². The molecule has 2 heterocycles. The van der Waals surface area contributed by atoms with Crippen LogP contribution in [0.15, 0.2) is 9.98 Å². The fourth-order valence-corrected chi connectivity index (χ4v) is 3.55. The van der Waals surface area contributed by atoms with E-state index in [4.69, 9.17) is 0 Å². The van der Waals surface area contributed by atoms with Gasteiger partial charge in [0.25, 0.3) is 0 Å². The maximum Gasteiger partial charge on any atom is 0.239 e. The monoisotopic (exact) mass is 292 g/mol. The minimum atomic E-state index is 0.0920. The van der Waals surface area contributed by atoms with E-state index < -0.39 is 0 Å². The topological polar surface area (TPSA) is 42.0 Å². The standard InChI is InChI=1S/C8H9BrN2OS2/c9-6-4-10-8(14-6)11-7(12)5-2-1-3-13-5/h4-5H,1-3H2,(H,10,11,12). The van der Waals surface area contributed by atoms with E-state index in [9.17, 15) is 4.79 Å². The van der Waals surface area contributed by atoms with Crippen molar-refractivity contribution in [2.24, 2.45) is 0 Å². The molecular weight excluding hydrogens is 284 g/mol. The Morgan fingerprint density at radius 2 is 2.57 bits per heavy atom. The zero-order valence-corrected chi connectivity index (χ0v) is 10.5. The molecular formula is C8H9BrN2OS2. The third-order valence-electron chi connectivity index (χ3n) is 1.93. The van der Waals surface area contributed by atoms with Crippen LogP contribution in [-0.2, 0) is 4.79 Å². The van der Waals surface area contributed by atoms with Crippen LogP contribution in [0, 0.1) is 0 Å². The number of carbonyl (C=O) groups excluding carboxylic acids is 1. The number of nitrogens with one attached hydrogen (secondary N) is 1. The SMILES string of the molecule is O=C(Nc1ncc(Br)s1)C1CCCS1. The van der Waals surface area contributed by atoms with Crippen LogP contribution in [0.25, 0.3) is 0 Å². The molecule has 1 atom stereocenters. The van der Waals surface area contributed by atoms with Gasteiger partial charge in [0.1, 0.15) is 0 Å². The number of amides is 1. The van der Waals surface area contributed by atoms with Gasteiger partial charge in [-0.3, -0.25) is 4.79 Å². The van der Waals surface area contributed by atoms with Crippen molar-refractivity contribution in [3.05, 3.63) is 9.98 Å². The number of thiazole rings is 1. The lowest BCUT2D eigenvalue weighted by Gasteiger charge is -2.06. The Bertz CT molecular complexity index is 336. The summed E-state index contributed by atoms with van der Waals surface area (Å²) in [5.41, 5.74) is 0. The summed E-state index contributed by atoms with van der Waals surface area (Å²) in [4.78, 5) is 15.7. The Kier molecular flexibility index (Phi) is 3.46. The van der Waals surface area contributed by atoms with Crippen LogP contribution in [0.2, 0.25) is 0 Å². The van der Waals surface area contributed by atoms with Crippen LogP contribution >= 0.6 is 39.0 Å². The van der Waals surface area contributed by atoms with Crippen molar-refractivity contribution in [3.63, 3.8) is 0 Å². The molecule has 0 aliphatic carbocycles. The highest BCUT2D eigenvalue weighted by atomic mass is 79.9. The molecule has 1 amide bonds. The summed E-state index contributed by atoms with van der Waals surface area (Å²) in [6.07, 6.45) is 3.83. The first-order valence-corrected chi connectivity index (χ1v) is 6.95. The second-order valence-electron chi connectivity index (χ2n) is 2.96. The van der Waals surface area contributed by atoms with E-state index in [-0.39, 0.29) is 11.2 Å². The second-order valence-corrected chi connectivity index (χ2v) is 6.68. The fourth-order valence-electron chi connectivity index (χ4n) is 1.28. The number of hydrogen-bond acceptors (Lipinski definition) is 4. The van der Waals surface area contributed by atoms with Crippen molar-refractivity contribution in [3.8, 4) is 0 Å². The van der Waals surface area contributed by atoms with Gasteiger partial charge in [-0.15, -0.1) is 11.8 Å². The van der Waals surface area contributed by atoms with Crippen LogP contribution in [0.5, 0.6) is 0 Å². The summed E-state index contributed by atoms with van der Waals surface area (Å²) < 4.78 is 0.937. The van der Waals surface area contributed by atoms with Gasteiger partial charge in [-0.1, -0.05) is 11.3 Å². The Labute approximate surface area is 98.8 Å². The van der Waals surface area contributed by atoms with Crippen molar-refractivity contribution in [2.45, 2.75) is 18.1 Å². The van der Waals surface area contributed by atoms with Crippen LogP contribution in [0.4, 0.5) is 5.13 Å². The molecule has 0 bridgehead atoms. The number of thioether (sulfide) groups is 1. The van der Waals surface area contributed by atoms with Gasteiger partial charge >= 0.3 is 0 Å². The first kappa shape index (κ1) is 10.4. The van der Waals surface area contributed by atoms with Crippen LogP contribution < -0.4 is 5.32 Å². The van der Waals surface area contributed by atoms with Crippen LogP contribution in [0.3, 0.4) is 0 Å². The molecule has 1 N–H and O–H groups in total. The molecule has 0 spiro atoms. The van der Waals surface area contributed by atoms with E-state index in [1.807, 2.05) is 0 Å². The predicted octanol–water partition coefficient (Wildman–Crippen LogP) is 2.74. The Balaban J connectivity index is 1.93. The highest BCUT2D eigenvalue weighted by Crippen LogP contribution is 2.28. The Morgan fingerprint density at radius 1 is 1.71 bits per heavy atom. The predicted molar refractivity (Wildman–Crippen MR) is 63.9 cm³/mol. The van der Waals surface area contributed by atoms with Crippen molar-refractivity contribution >= 4 is 50.1 Å². The molecule has 1 saturated heterocycles. The third-order valence-corrected chi connectivity index (χ3v) is 4.70. The first-order valence-electron chi connectivity index (χ1n) is 4.29. The van der Waals surface area contributed by atoms with E-state index in [0.717, 1.165) is 22.4 Å². The van der Waals surface area contributed by atoms with E-state index in [2.05, 4.69) is 26.2 Å². The van der Waals surface area contributed by atoms with Crippen LogP contribution in [0.1, 0.15) is 12.8 Å². The van der Waals surface area contributed by atoms with Gasteiger partial charge in [0, 0.05) is 0 Å². The highest BCUT2D eigenvalue weighted by Gasteiger charge is 2.23. The van der Waals surface area contributed by atoms with Gasteiger partial charge in [0.2, 0.25) is 5.91 Å². The van der Waals surface area contributed by atoms with E-state index in [1.165, 1.54) is 11.3 Å². The molecule has 6 heteroatoms. The lowest BCUT2D eigenvalue weighted by Crippen LogP contribution is -2.22. The number of nitrogens with zero attached hydrogens (tertiary/aromatic N) is 1. The van der Waals surface area contributed by atoms with E-state index >= 15 is 0 Å². The van der Waals surface area contributed by atoms with Crippen molar-refractivity contribution < 1.29 is 4.79 Å². The summed E-state index contributed by atoms with van der Waals surface area (Å²) in [5.74, 6) is 1.19. The lowest BCUT2D eigenvalue weighted by molar-refractivity contribution is -0.115. The number of rotatable bonds is 2. The molecule has 2 rings (SSSR count). The van der Waals surface area contributed by atoms with Crippen molar-refractivity contribution in [1.82, 2.24) is 4.98 Å². The fraction of sp³-hybridized carbons (Fsp3) is 0.500. The van der Waals surface area contributed by atoms with Gasteiger partial charge in [-0.25, -0.2) is 4.98 Å². The minimum absolute atomic E-state index is 0.0920. The second kappa shape index (κ2) is 4.63. The number of aromatic nitrogens is 1. The quantitative estimate of drug-likeness (QED) is 0.911. The van der Waals surface area contributed by atoms with E-state index in [1.54, 1.807) is 18.0 Å². The van der Waals surface area contributed by atoms with Crippen molar-refractivity contribution in [2.75, 3.05) is 11.1 Å². The van der Waals surface area contributed by atoms with Gasteiger partial charge in [0.15, 0.2) is 5.13 Å². The molecule has 1 unspecified atom stereocenters. The maximum absolute atomic E-state index is 11.6. The molecule has 1 aliphatic rings. The molecule has 0 radical (unpaired) electrons. The number of carbonyl (C=O) groups is 1. The summed E-state index contributed by atoms with van der Waals surface area (Å²) in [6.45, 7) is 0. The maximum atomic E-state index is 11.6. The zero-order chi connectivity index (χ0) is 9.97.